The van der Waals surface area contributed by atoms with E-state index in [4.69, 9.17) is 0 Å². The van der Waals surface area contributed by atoms with Gasteiger partial charge in [0.25, 0.3) is 23.6 Å². The Balaban J connectivity index is 1.41. The molecule has 8 nitrogen and oxygen atoms in total. The van der Waals surface area contributed by atoms with E-state index in [-0.39, 0.29) is 0 Å². The third-order valence-electron chi connectivity index (χ3n) is 7.56. The first-order valence-corrected chi connectivity index (χ1v) is 13.4. The van der Waals surface area contributed by atoms with Crippen molar-refractivity contribution in [1.82, 2.24) is 20.0 Å². The van der Waals surface area contributed by atoms with Crippen LogP contribution in [-0.2, 0) is 13.1 Å². The minimum atomic E-state index is -0.472. The average Bonchev–Trinajstić information content (AvgIpc) is 2.98. The Morgan fingerprint density at radius 2 is 0.775 bits per heavy atom. The zero-order valence-corrected chi connectivity index (χ0v) is 22.3. The number of carbonyl (C=O) groups is 4. The number of carbonyl (C=O) groups excluding carboxylic acids is 4. The molecule has 40 heavy (non-hydrogen) atoms. The molecule has 0 saturated carbocycles. The van der Waals surface area contributed by atoms with Gasteiger partial charge in [-0.25, -0.2) is 20.0 Å². The molecule has 0 bridgehead atoms. The highest BCUT2D eigenvalue weighted by Gasteiger charge is 2.42. The first-order chi connectivity index (χ1) is 19.4. The number of benzene rings is 4. The topological polar surface area (TPSA) is 81.2 Å². The van der Waals surface area contributed by atoms with Crippen molar-refractivity contribution in [1.29, 1.82) is 0 Å². The van der Waals surface area contributed by atoms with Gasteiger partial charge in [-0.1, -0.05) is 74.5 Å². The zero-order chi connectivity index (χ0) is 28.0. The van der Waals surface area contributed by atoms with Gasteiger partial charge in [0.15, 0.2) is 0 Å². The molecular weight excluding hydrogens is 504 g/mol. The van der Waals surface area contributed by atoms with Crippen LogP contribution in [0, 0.1) is 0 Å². The van der Waals surface area contributed by atoms with Crippen LogP contribution >= 0.6 is 0 Å². The summed E-state index contributed by atoms with van der Waals surface area (Å²) in [6.45, 7) is 5.40. The lowest BCUT2D eigenvalue weighted by Gasteiger charge is -2.38. The fourth-order valence-electron chi connectivity index (χ4n) is 5.60. The maximum Gasteiger partial charge on any atom is 0.276 e. The fraction of sp³-hybridized carbons (Fsp3) is 0.188. The Labute approximate surface area is 231 Å². The van der Waals surface area contributed by atoms with Gasteiger partial charge in [0, 0.05) is 37.0 Å². The zero-order valence-electron chi connectivity index (χ0n) is 22.3. The minimum Gasteiger partial charge on any atom is -0.267 e. The molecule has 0 aliphatic carbocycles. The molecule has 200 valence electrons. The van der Waals surface area contributed by atoms with Crippen molar-refractivity contribution in [2.45, 2.75) is 26.9 Å². The van der Waals surface area contributed by atoms with Gasteiger partial charge in [-0.3, -0.25) is 19.2 Å². The summed E-state index contributed by atoms with van der Waals surface area (Å²) in [6, 6.07) is 25.7. The quantitative estimate of drug-likeness (QED) is 0.300. The largest absolute Gasteiger partial charge is 0.276 e. The number of hydrogen-bond acceptors (Lipinski definition) is 6. The first kappa shape index (κ1) is 25.6. The van der Waals surface area contributed by atoms with E-state index >= 15 is 0 Å². The lowest BCUT2D eigenvalue weighted by molar-refractivity contribution is -0.00673. The smallest absolute Gasteiger partial charge is 0.267 e. The van der Waals surface area contributed by atoms with E-state index in [1.54, 1.807) is 34.3 Å². The van der Waals surface area contributed by atoms with Crippen molar-refractivity contribution in [3.63, 3.8) is 0 Å². The maximum atomic E-state index is 13.8. The van der Waals surface area contributed by atoms with Crippen molar-refractivity contribution >= 4 is 34.4 Å². The molecule has 6 rings (SSSR count). The Kier molecular flexibility index (Phi) is 6.50. The first-order valence-electron chi connectivity index (χ1n) is 13.4. The van der Waals surface area contributed by atoms with E-state index in [2.05, 4.69) is 0 Å². The van der Waals surface area contributed by atoms with E-state index < -0.39 is 23.6 Å². The molecule has 4 aromatic carbocycles. The minimum absolute atomic E-state index is 0.299. The lowest BCUT2D eigenvalue weighted by atomic mass is 9.86. The van der Waals surface area contributed by atoms with E-state index in [9.17, 15) is 19.2 Å². The van der Waals surface area contributed by atoms with Crippen molar-refractivity contribution < 1.29 is 19.2 Å². The fourth-order valence-corrected chi connectivity index (χ4v) is 5.60. The van der Waals surface area contributed by atoms with Crippen LogP contribution in [0.5, 0.6) is 0 Å². The second-order valence-corrected chi connectivity index (χ2v) is 9.85. The SMILES string of the molecule is CCN(Cc1ccccc1)N1C(=O)c2ccc3c4c(ccc(c24)C1=O)C(=O)N(N(CC)Cc1ccccc1)C3=O. The van der Waals surface area contributed by atoms with Crippen LogP contribution in [0.4, 0.5) is 0 Å². The molecule has 0 unspecified atom stereocenters. The predicted molar refractivity (Wildman–Crippen MR) is 150 cm³/mol. The average molecular weight is 533 g/mol. The Bertz CT molecular complexity index is 1470. The second-order valence-electron chi connectivity index (χ2n) is 9.85. The number of nitrogens with zero attached hydrogens (tertiary/aromatic N) is 4. The number of hydrogen-bond donors (Lipinski definition) is 0. The summed E-state index contributed by atoms with van der Waals surface area (Å²) < 4.78 is 0. The summed E-state index contributed by atoms with van der Waals surface area (Å²) in [4.78, 5) is 55.2. The summed E-state index contributed by atoms with van der Waals surface area (Å²) in [5.74, 6) is -1.89. The highest BCUT2D eigenvalue weighted by molar-refractivity contribution is 6.33. The van der Waals surface area contributed by atoms with Crippen LogP contribution in [0.15, 0.2) is 84.9 Å². The molecule has 0 aromatic heterocycles. The van der Waals surface area contributed by atoms with Gasteiger partial charge in [-0.15, -0.1) is 0 Å². The number of amides is 4. The number of hydrazine groups is 2. The Morgan fingerprint density at radius 1 is 0.475 bits per heavy atom. The van der Waals surface area contributed by atoms with Gasteiger partial charge < -0.3 is 0 Å². The molecule has 2 aliphatic rings. The third-order valence-corrected chi connectivity index (χ3v) is 7.56. The molecule has 0 atom stereocenters. The van der Waals surface area contributed by atoms with E-state index in [0.29, 0.717) is 59.2 Å². The lowest BCUT2D eigenvalue weighted by Crippen LogP contribution is -2.53. The number of imide groups is 2. The molecular formula is C32H28N4O4. The molecule has 0 saturated heterocycles. The van der Waals surface area contributed by atoms with Gasteiger partial charge in [0.2, 0.25) is 0 Å². The Morgan fingerprint density at radius 3 is 1.05 bits per heavy atom. The molecule has 2 aliphatic heterocycles. The molecule has 0 N–H and O–H groups in total. The summed E-state index contributed by atoms with van der Waals surface area (Å²) in [6.07, 6.45) is 0. The van der Waals surface area contributed by atoms with Crippen LogP contribution in [0.25, 0.3) is 10.8 Å². The normalized spacial score (nSPS) is 14.7. The van der Waals surface area contributed by atoms with Crippen molar-refractivity contribution in [3.05, 3.63) is 118 Å². The highest BCUT2D eigenvalue weighted by Crippen LogP contribution is 2.38. The number of rotatable bonds is 8. The molecule has 0 spiro atoms. The molecule has 4 amide bonds. The summed E-state index contributed by atoms with van der Waals surface area (Å²) >= 11 is 0. The van der Waals surface area contributed by atoms with Crippen LogP contribution in [0.1, 0.15) is 66.4 Å². The highest BCUT2D eigenvalue weighted by atomic mass is 16.2. The predicted octanol–water partition coefficient (Wildman–Crippen LogP) is 4.91. The molecule has 0 radical (unpaired) electrons. The third kappa shape index (κ3) is 4.00. The summed E-state index contributed by atoms with van der Waals surface area (Å²) in [7, 11) is 0. The summed E-state index contributed by atoms with van der Waals surface area (Å²) in [5, 5.41) is 6.52. The monoisotopic (exact) mass is 532 g/mol. The Hall–Kier alpha value is -4.66. The van der Waals surface area contributed by atoms with E-state index in [0.717, 1.165) is 11.1 Å². The van der Waals surface area contributed by atoms with Crippen molar-refractivity contribution in [3.8, 4) is 0 Å². The molecule has 2 heterocycles. The second kappa shape index (κ2) is 10.1. The van der Waals surface area contributed by atoms with Gasteiger partial charge in [-0.2, -0.15) is 0 Å². The van der Waals surface area contributed by atoms with E-state index in [1.165, 1.54) is 10.0 Å². The van der Waals surface area contributed by atoms with Gasteiger partial charge in [0.1, 0.15) is 0 Å². The van der Waals surface area contributed by atoms with Gasteiger partial charge in [0.05, 0.1) is 22.3 Å². The van der Waals surface area contributed by atoms with Crippen LogP contribution in [-0.4, -0.2) is 56.8 Å². The van der Waals surface area contributed by atoms with Gasteiger partial charge >= 0.3 is 0 Å². The maximum absolute atomic E-state index is 13.8. The molecule has 8 heteroatoms. The summed E-state index contributed by atoms with van der Waals surface area (Å²) in [5.41, 5.74) is 3.13. The van der Waals surface area contributed by atoms with Crippen LogP contribution in [0.3, 0.4) is 0 Å². The standard InChI is InChI=1S/C32H28N4O4/c1-3-33(19-21-11-7-5-8-12-21)35-29(37)23-15-17-25-28-26(18-16-24(27(23)28)30(35)38)32(40)36(31(25)39)34(4-2)20-22-13-9-6-10-14-22/h5-18H,3-4,19-20H2,1-2H3. The van der Waals surface area contributed by atoms with Crippen molar-refractivity contribution in [2.75, 3.05) is 13.1 Å². The van der Waals surface area contributed by atoms with E-state index in [1.807, 2.05) is 74.5 Å². The van der Waals surface area contributed by atoms with Crippen LogP contribution < -0.4 is 0 Å². The van der Waals surface area contributed by atoms with Crippen LogP contribution in [0.2, 0.25) is 0 Å². The van der Waals surface area contributed by atoms with Crippen molar-refractivity contribution in [2.24, 2.45) is 0 Å². The molecule has 0 fully saturated rings. The van der Waals surface area contributed by atoms with Gasteiger partial charge in [-0.05, 0) is 35.4 Å². The molecule has 4 aromatic rings.